The molecule has 3 atom stereocenters. The van der Waals surface area contributed by atoms with Gasteiger partial charge in [-0.1, -0.05) is 12.5 Å². The highest BCUT2D eigenvalue weighted by atomic mass is 79.9. The number of nitrogen functional groups attached to an aromatic ring is 1. The fourth-order valence-electron chi connectivity index (χ4n) is 3.45. The van der Waals surface area contributed by atoms with E-state index in [4.69, 9.17) is 10.5 Å². The van der Waals surface area contributed by atoms with Crippen LogP contribution in [0.3, 0.4) is 0 Å². The molecule has 3 rings (SSSR count). The van der Waals surface area contributed by atoms with Crippen LogP contribution in [0.25, 0.3) is 0 Å². The number of anilines is 1. The molecule has 0 aromatic heterocycles. The van der Waals surface area contributed by atoms with Crippen molar-refractivity contribution in [3.05, 3.63) is 22.7 Å². The van der Waals surface area contributed by atoms with Crippen molar-refractivity contribution in [2.24, 2.45) is 17.8 Å². The summed E-state index contributed by atoms with van der Waals surface area (Å²) in [7, 11) is 0. The van der Waals surface area contributed by atoms with Crippen LogP contribution in [0.15, 0.2) is 22.7 Å². The molecule has 2 N–H and O–H groups in total. The maximum atomic E-state index is 5.93. The second kappa shape index (κ2) is 4.52. The molecule has 2 aliphatic rings. The zero-order chi connectivity index (χ0) is 11.8. The second-order valence-electron chi connectivity index (χ2n) is 5.40. The minimum atomic E-state index is 0.725. The van der Waals surface area contributed by atoms with Gasteiger partial charge < -0.3 is 10.5 Å². The SMILES string of the molecule is Nc1cccc(Br)c1OCC1CC2CCC1C2. The number of rotatable bonds is 3. The quantitative estimate of drug-likeness (QED) is 0.860. The maximum absolute atomic E-state index is 5.93. The highest BCUT2D eigenvalue weighted by Crippen LogP contribution is 2.48. The van der Waals surface area contributed by atoms with E-state index < -0.39 is 0 Å². The Balaban J connectivity index is 1.64. The molecule has 0 amide bonds. The van der Waals surface area contributed by atoms with Gasteiger partial charge in [-0.15, -0.1) is 0 Å². The third-order valence-corrected chi connectivity index (χ3v) is 4.95. The van der Waals surface area contributed by atoms with Gasteiger partial charge >= 0.3 is 0 Å². The predicted octanol–water partition coefficient (Wildman–Crippen LogP) is 3.85. The smallest absolute Gasteiger partial charge is 0.156 e. The van der Waals surface area contributed by atoms with Gasteiger partial charge in [-0.05, 0) is 65.1 Å². The molecule has 2 saturated carbocycles. The Hall–Kier alpha value is -0.700. The molecule has 92 valence electrons. The van der Waals surface area contributed by atoms with Gasteiger partial charge in [0.15, 0.2) is 5.75 Å². The first-order valence-corrected chi connectivity index (χ1v) is 7.20. The Labute approximate surface area is 111 Å². The first-order valence-electron chi connectivity index (χ1n) is 6.41. The molecule has 3 unspecified atom stereocenters. The number of benzene rings is 1. The van der Waals surface area contributed by atoms with E-state index in [9.17, 15) is 0 Å². The number of nitrogens with two attached hydrogens (primary N) is 1. The van der Waals surface area contributed by atoms with Crippen LogP contribution in [-0.2, 0) is 0 Å². The summed E-state index contributed by atoms with van der Waals surface area (Å²) in [4.78, 5) is 0. The minimum absolute atomic E-state index is 0.725. The molecule has 2 fully saturated rings. The van der Waals surface area contributed by atoms with Gasteiger partial charge in [0.05, 0.1) is 16.8 Å². The highest BCUT2D eigenvalue weighted by molar-refractivity contribution is 9.10. The van der Waals surface area contributed by atoms with E-state index >= 15 is 0 Å². The van der Waals surface area contributed by atoms with Crippen LogP contribution in [0.1, 0.15) is 25.7 Å². The fraction of sp³-hybridized carbons (Fsp3) is 0.571. The van der Waals surface area contributed by atoms with E-state index in [0.29, 0.717) is 0 Å². The molecule has 0 saturated heterocycles. The number of para-hydroxylation sites is 1. The summed E-state index contributed by atoms with van der Waals surface area (Å²) in [6, 6.07) is 5.80. The minimum Gasteiger partial charge on any atom is -0.490 e. The zero-order valence-corrected chi connectivity index (χ0v) is 11.4. The summed E-state index contributed by atoms with van der Waals surface area (Å²) in [5.41, 5.74) is 6.65. The molecular formula is C14H18BrNO. The van der Waals surface area contributed by atoms with E-state index in [2.05, 4.69) is 15.9 Å². The van der Waals surface area contributed by atoms with E-state index in [1.807, 2.05) is 18.2 Å². The van der Waals surface area contributed by atoms with Crippen molar-refractivity contribution in [1.82, 2.24) is 0 Å². The number of hydrogen-bond donors (Lipinski definition) is 1. The van der Waals surface area contributed by atoms with E-state index in [1.54, 1.807) is 0 Å². The van der Waals surface area contributed by atoms with Gasteiger partial charge in [-0.2, -0.15) is 0 Å². The summed E-state index contributed by atoms with van der Waals surface area (Å²) >= 11 is 3.49. The van der Waals surface area contributed by atoms with Crippen molar-refractivity contribution in [1.29, 1.82) is 0 Å². The lowest BCUT2D eigenvalue weighted by Gasteiger charge is -2.22. The molecule has 2 aliphatic carbocycles. The van der Waals surface area contributed by atoms with Gasteiger partial charge in [-0.25, -0.2) is 0 Å². The first kappa shape index (κ1) is 11.4. The second-order valence-corrected chi connectivity index (χ2v) is 6.26. The molecule has 2 bridgehead atoms. The van der Waals surface area contributed by atoms with Gasteiger partial charge in [-0.3, -0.25) is 0 Å². The van der Waals surface area contributed by atoms with Gasteiger partial charge in [0.1, 0.15) is 0 Å². The van der Waals surface area contributed by atoms with Gasteiger partial charge in [0.25, 0.3) is 0 Å². The Morgan fingerprint density at radius 1 is 1.29 bits per heavy atom. The van der Waals surface area contributed by atoms with E-state index in [0.717, 1.165) is 40.3 Å². The molecule has 0 radical (unpaired) electrons. The topological polar surface area (TPSA) is 35.2 Å². The Morgan fingerprint density at radius 3 is 2.82 bits per heavy atom. The van der Waals surface area contributed by atoms with Crippen LogP contribution >= 0.6 is 15.9 Å². The van der Waals surface area contributed by atoms with Crippen LogP contribution in [-0.4, -0.2) is 6.61 Å². The number of hydrogen-bond acceptors (Lipinski definition) is 2. The first-order chi connectivity index (χ1) is 8.24. The summed E-state index contributed by atoms with van der Waals surface area (Å²) in [5.74, 6) is 3.45. The molecule has 0 aliphatic heterocycles. The van der Waals surface area contributed by atoms with Crippen LogP contribution in [0, 0.1) is 17.8 Å². The predicted molar refractivity (Wildman–Crippen MR) is 73.0 cm³/mol. The lowest BCUT2D eigenvalue weighted by Crippen LogP contribution is -2.19. The van der Waals surface area contributed by atoms with Crippen molar-refractivity contribution < 1.29 is 4.74 Å². The van der Waals surface area contributed by atoms with Crippen LogP contribution in [0.4, 0.5) is 5.69 Å². The summed E-state index contributed by atoms with van der Waals surface area (Å²) in [6.07, 6.45) is 5.64. The summed E-state index contributed by atoms with van der Waals surface area (Å²) < 4.78 is 6.89. The van der Waals surface area contributed by atoms with Crippen LogP contribution in [0.5, 0.6) is 5.75 Å². The lowest BCUT2D eigenvalue weighted by molar-refractivity contribution is 0.195. The molecule has 2 nitrogen and oxygen atoms in total. The van der Waals surface area contributed by atoms with Crippen molar-refractivity contribution in [3.63, 3.8) is 0 Å². The van der Waals surface area contributed by atoms with Gasteiger partial charge in [0.2, 0.25) is 0 Å². The lowest BCUT2D eigenvalue weighted by atomic mass is 9.89. The molecular weight excluding hydrogens is 278 g/mol. The fourth-order valence-corrected chi connectivity index (χ4v) is 3.94. The molecule has 1 aromatic carbocycles. The van der Waals surface area contributed by atoms with E-state index in [-0.39, 0.29) is 0 Å². The number of fused-ring (bicyclic) bond motifs is 2. The average molecular weight is 296 g/mol. The standard InChI is InChI=1S/C14H18BrNO/c15-12-2-1-3-13(16)14(12)17-8-11-7-9-4-5-10(11)6-9/h1-3,9-11H,4-8,16H2. The molecule has 0 spiro atoms. The average Bonchev–Trinajstić information content (AvgIpc) is 2.90. The Bertz CT molecular complexity index is 400. The Morgan fingerprint density at radius 2 is 2.18 bits per heavy atom. The molecule has 17 heavy (non-hydrogen) atoms. The van der Waals surface area contributed by atoms with Crippen molar-refractivity contribution in [3.8, 4) is 5.75 Å². The third kappa shape index (κ3) is 2.17. The monoisotopic (exact) mass is 295 g/mol. The summed E-state index contributed by atoms with van der Waals surface area (Å²) in [5, 5.41) is 0. The largest absolute Gasteiger partial charge is 0.490 e. The summed E-state index contributed by atoms with van der Waals surface area (Å²) in [6.45, 7) is 0.827. The van der Waals surface area contributed by atoms with Crippen molar-refractivity contribution >= 4 is 21.6 Å². The molecule has 1 aromatic rings. The number of halogens is 1. The van der Waals surface area contributed by atoms with Crippen LogP contribution < -0.4 is 10.5 Å². The van der Waals surface area contributed by atoms with E-state index in [1.165, 1.54) is 25.7 Å². The molecule has 3 heteroatoms. The molecule has 0 heterocycles. The highest BCUT2D eigenvalue weighted by Gasteiger charge is 2.39. The van der Waals surface area contributed by atoms with Crippen LogP contribution in [0.2, 0.25) is 0 Å². The normalized spacial score (nSPS) is 30.8. The van der Waals surface area contributed by atoms with Crippen molar-refractivity contribution in [2.75, 3.05) is 12.3 Å². The Kier molecular flexibility index (Phi) is 3.03. The third-order valence-electron chi connectivity index (χ3n) is 4.32. The maximum Gasteiger partial charge on any atom is 0.156 e. The number of ether oxygens (including phenoxy) is 1. The van der Waals surface area contributed by atoms with Gasteiger partial charge in [0, 0.05) is 0 Å². The zero-order valence-electron chi connectivity index (χ0n) is 9.86. The van der Waals surface area contributed by atoms with Crippen molar-refractivity contribution in [2.45, 2.75) is 25.7 Å².